The molecule has 0 spiro atoms. The zero-order valence-electron chi connectivity index (χ0n) is 6.96. The Morgan fingerprint density at radius 1 is 1.64 bits per heavy atom. The molecule has 0 aromatic carbocycles. The van der Waals surface area contributed by atoms with E-state index in [4.69, 9.17) is 5.73 Å². The first kappa shape index (κ1) is 6.70. The minimum absolute atomic E-state index is 0.329. The number of hydrogen-bond donors (Lipinski definition) is 1. The molecule has 2 rings (SSSR count). The van der Waals surface area contributed by atoms with E-state index >= 15 is 0 Å². The van der Waals surface area contributed by atoms with Crippen LogP contribution >= 0.6 is 0 Å². The van der Waals surface area contributed by atoms with Gasteiger partial charge in [0.05, 0.1) is 17.6 Å². The van der Waals surface area contributed by atoms with Crippen molar-refractivity contribution in [3.63, 3.8) is 0 Å². The van der Waals surface area contributed by atoms with Gasteiger partial charge in [-0.1, -0.05) is 6.92 Å². The fraction of sp³-hybridized carbons (Fsp3) is 0.625. The van der Waals surface area contributed by atoms with Crippen molar-refractivity contribution < 1.29 is 0 Å². The standard InChI is InChI=1S/C8H13N3/c1-8(3-4-8)7-6(9)5-10-11(7)2/h5H,3-4,9H2,1-2H3. The third-order valence-electron chi connectivity index (χ3n) is 2.54. The van der Waals surface area contributed by atoms with Crippen LogP contribution < -0.4 is 5.73 Å². The number of rotatable bonds is 1. The molecule has 1 aliphatic carbocycles. The Hall–Kier alpha value is -0.990. The zero-order chi connectivity index (χ0) is 8.06. The molecule has 1 heterocycles. The number of aromatic nitrogens is 2. The van der Waals surface area contributed by atoms with Crippen molar-refractivity contribution in [2.75, 3.05) is 5.73 Å². The molecule has 0 atom stereocenters. The number of aryl methyl sites for hydroxylation is 1. The number of nitrogen functional groups attached to an aromatic ring is 1. The van der Waals surface area contributed by atoms with E-state index in [0.29, 0.717) is 5.41 Å². The smallest absolute Gasteiger partial charge is 0.0738 e. The third kappa shape index (κ3) is 0.836. The quantitative estimate of drug-likeness (QED) is 0.652. The summed E-state index contributed by atoms with van der Waals surface area (Å²) in [6.45, 7) is 2.24. The second-order valence-electron chi connectivity index (χ2n) is 3.63. The summed E-state index contributed by atoms with van der Waals surface area (Å²) in [6.07, 6.45) is 4.23. The summed E-state index contributed by atoms with van der Waals surface area (Å²) in [7, 11) is 1.95. The molecule has 3 nitrogen and oxygen atoms in total. The number of nitrogens with zero attached hydrogens (tertiary/aromatic N) is 2. The highest BCUT2D eigenvalue weighted by atomic mass is 15.3. The monoisotopic (exact) mass is 151 g/mol. The van der Waals surface area contributed by atoms with Gasteiger partial charge in [-0.25, -0.2) is 0 Å². The van der Waals surface area contributed by atoms with Gasteiger partial charge in [0.2, 0.25) is 0 Å². The average Bonchev–Trinajstić information content (AvgIpc) is 2.56. The van der Waals surface area contributed by atoms with Crippen molar-refractivity contribution in [3.05, 3.63) is 11.9 Å². The summed E-state index contributed by atoms with van der Waals surface area (Å²) in [6, 6.07) is 0. The molecular weight excluding hydrogens is 138 g/mol. The summed E-state index contributed by atoms with van der Waals surface area (Å²) in [5.41, 5.74) is 8.16. The summed E-state index contributed by atoms with van der Waals surface area (Å²) in [5, 5.41) is 4.11. The lowest BCUT2D eigenvalue weighted by Crippen LogP contribution is -2.10. The van der Waals surface area contributed by atoms with Gasteiger partial charge in [-0.2, -0.15) is 5.10 Å². The van der Waals surface area contributed by atoms with Crippen molar-refractivity contribution in [2.24, 2.45) is 7.05 Å². The zero-order valence-corrected chi connectivity index (χ0v) is 6.96. The van der Waals surface area contributed by atoms with Gasteiger partial charge >= 0.3 is 0 Å². The van der Waals surface area contributed by atoms with Gasteiger partial charge in [-0.3, -0.25) is 4.68 Å². The predicted molar refractivity (Wildman–Crippen MR) is 44.2 cm³/mol. The van der Waals surface area contributed by atoms with Crippen LogP contribution in [0.4, 0.5) is 5.69 Å². The molecule has 0 aliphatic heterocycles. The second-order valence-corrected chi connectivity index (χ2v) is 3.63. The van der Waals surface area contributed by atoms with Crippen LogP contribution in [0.1, 0.15) is 25.5 Å². The molecule has 0 bridgehead atoms. The Labute approximate surface area is 66.2 Å². The maximum Gasteiger partial charge on any atom is 0.0738 e. The Morgan fingerprint density at radius 2 is 2.27 bits per heavy atom. The highest BCUT2D eigenvalue weighted by Gasteiger charge is 2.42. The molecule has 0 amide bonds. The van der Waals surface area contributed by atoms with E-state index in [0.717, 1.165) is 5.69 Å². The molecule has 0 radical (unpaired) electrons. The number of anilines is 1. The van der Waals surface area contributed by atoms with Crippen LogP contribution in [0.3, 0.4) is 0 Å². The van der Waals surface area contributed by atoms with Gasteiger partial charge in [0.25, 0.3) is 0 Å². The normalized spacial score (nSPS) is 20.2. The summed E-state index contributed by atoms with van der Waals surface area (Å²) in [4.78, 5) is 0. The molecule has 1 aromatic heterocycles. The van der Waals surface area contributed by atoms with Gasteiger partial charge < -0.3 is 5.73 Å². The van der Waals surface area contributed by atoms with Crippen LogP contribution in [-0.4, -0.2) is 9.78 Å². The van der Waals surface area contributed by atoms with E-state index in [-0.39, 0.29) is 0 Å². The summed E-state index contributed by atoms with van der Waals surface area (Å²) < 4.78 is 1.89. The van der Waals surface area contributed by atoms with Crippen LogP contribution in [0.2, 0.25) is 0 Å². The lowest BCUT2D eigenvalue weighted by atomic mass is 10.0. The molecule has 1 fully saturated rings. The number of nitrogens with two attached hydrogens (primary N) is 1. The van der Waals surface area contributed by atoms with E-state index in [9.17, 15) is 0 Å². The fourth-order valence-electron chi connectivity index (χ4n) is 1.62. The molecule has 1 aromatic rings. The fourth-order valence-corrected chi connectivity index (χ4v) is 1.62. The molecular formula is C8H13N3. The second kappa shape index (κ2) is 1.78. The van der Waals surface area contributed by atoms with Crippen LogP contribution in [0.25, 0.3) is 0 Å². The predicted octanol–water partition coefficient (Wildman–Crippen LogP) is 1.05. The van der Waals surface area contributed by atoms with E-state index in [1.807, 2.05) is 11.7 Å². The maximum atomic E-state index is 5.78. The first-order valence-electron chi connectivity index (χ1n) is 3.91. The van der Waals surface area contributed by atoms with Crippen LogP contribution in [0.15, 0.2) is 6.20 Å². The van der Waals surface area contributed by atoms with Gasteiger partial charge in [0.1, 0.15) is 0 Å². The Kier molecular flexibility index (Phi) is 1.09. The highest BCUT2D eigenvalue weighted by Crippen LogP contribution is 2.49. The maximum absolute atomic E-state index is 5.78. The average molecular weight is 151 g/mol. The molecule has 0 saturated heterocycles. The topological polar surface area (TPSA) is 43.8 Å². The first-order chi connectivity index (χ1) is 5.13. The van der Waals surface area contributed by atoms with Crippen LogP contribution in [0.5, 0.6) is 0 Å². The Bertz CT molecular complexity index is 264. The SMILES string of the molecule is Cn1ncc(N)c1C1(C)CC1. The van der Waals surface area contributed by atoms with Gasteiger partial charge in [0.15, 0.2) is 0 Å². The van der Waals surface area contributed by atoms with E-state index in [1.165, 1.54) is 18.5 Å². The first-order valence-corrected chi connectivity index (χ1v) is 3.91. The Balaban J connectivity index is 2.50. The van der Waals surface area contributed by atoms with Gasteiger partial charge in [0, 0.05) is 12.5 Å². The molecule has 11 heavy (non-hydrogen) atoms. The largest absolute Gasteiger partial charge is 0.396 e. The molecule has 2 N–H and O–H groups in total. The summed E-state index contributed by atoms with van der Waals surface area (Å²) in [5.74, 6) is 0. The van der Waals surface area contributed by atoms with Gasteiger partial charge in [-0.05, 0) is 12.8 Å². The molecule has 3 heteroatoms. The number of hydrogen-bond acceptors (Lipinski definition) is 2. The van der Waals surface area contributed by atoms with E-state index in [2.05, 4.69) is 12.0 Å². The third-order valence-corrected chi connectivity index (χ3v) is 2.54. The molecule has 0 unspecified atom stereocenters. The van der Waals surface area contributed by atoms with E-state index in [1.54, 1.807) is 6.20 Å². The molecule has 60 valence electrons. The van der Waals surface area contributed by atoms with Gasteiger partial charge in [-0.15, -0.1) is 0 Å². The van der Waals surface area contributed by atoms with Crippen molar-refractivity contribution in [2.45, 2.75) is 25.2 Å². The van der Waals surface area contributed by atoms with E-state index < -0.39 is 0 Å². The van der Waals surface area contributed by atoms with Crippen molar-refractivity contribution in [1.82, 2.24) is 9.78 Å². The minimum atomic E-state index is 0.329. The molecule has 1 aliphatic rings. The minimum Gasteiger partial charge on any atom is -0.396 e. The van der Waals surface area contributed by atoms with Crippen molar-refractivity contribution in [3.8, 4) is 0 Å². The van der Waals surface area contributed by atoms with Crippen molar-refractivity contribution in [1.29, 1.82) is 0 Å². The lowest BCUT2D eigenvalue weighted by molar-refractivity contribution is 0.637. The van der Waals surface area contributed by atoms with Crippen molar-refractivity contribution >= 4 is 5.69 Å². The summed E-state index contributed by atoms with van der Waals surface area (Å²) >= 11 is 0. The molecule has 1 saturated carbocycles. The van der Waals surface area contributed by atoms with Crippen LogP contribution in [0, 0.1) is 0 Å². The van der Waals surface area contributed by atoms with Crippen LogP contribution in [-0.2, 0) is 12.5 Å². The highest BCUT2D eigenvalue weighted by molar-refractivity contribution is 5.47. The Morgan fingerprint density at radius 3 is 2.64 bits per heavy atom. The lowest BCUT2D eigenvalue weighted by Gasteiger charge is -2.09.